The average Bonchev–Trinajstić information content (AvgIpc) is 2.51. The van der Waals surface area contributed by atoms with Crippen LogP contribution >= 0.6 is 0 Å². The van der Waals surface area contributed by atoms with Crippen LogP contribution in [0.1, 0.15) is 12.8 Å². The summed E-state index contributed by atoms with van der Waals surface area (Å²) in [6, 6.07) is 0. The van der Waals surface area contributed by atoms with Crippen LogP contribution in [0.25, 0.3) is 0 Å². The van der Waals surface area contributed by atoms with Gasteiger partial charge in [-0.1, -0.05) is 24.2 Å². The number of allylic oxidation sites excluding steroid dienone is 2. The van der Waals surface area contributed by atoms with Crippen LogP contribution in [-0.4, -0.2) is 32.4 Å². The Bertz CT molecular complexity index is 258. The number of nitrogens with zero attached hydrogens (tertiary/aromatic N) is 1. The quantitative estimate of drug-likeness (QED) is 0.510. The Morgan fingerprint density at radius 3 is 2.71 bits per heavy atom. The van der Waals surface area contributed by atoms with Crippen molar-refractivity contribution in [3.05, 3.63) is 36.6 Å². The van der Waals surface area contributed by atoms with Gasteiger partial charge in [0.15, 0.2) is 0 Å². The third-order valence-corrected chi connectivity index (χ3v) is 2.60. The van der Waals surface area contributed by atoms with Gasteiger partial charge in [-0.05, 0) is 12.8 Å². The van der Waals surface area contributed by atoms with Crippen LogP contribution in [0.3, 0.4) is 0 Å². The van der Waals surface area contributed by atoms with Gasteiger partial charge in [0.05, 0.1) is 5.82 Å². The summed E-state index contributed by atoms with van der Waals surface area (Å²) in [5, 5.41) is 3.22. The van der Waals surface area contributed by atoms with E-state index in [2.05, 4.69) is 30.0 Å². The number of rotatable bonds is 5. The van der Waals surface area contributed by atoms with E-state index in [0.717, 1.165) is 43.8 Å². The minimum absolute atomic E-state index is 1.03. The van der Waals surface area contributed by atoms with Gasteiger partial charge in [-0.15, -0.1) is 6.58 Å². The molecule has 1 rings (SSSR count). The minimum Gasteiger partial charge on any atom is -0.370 e. The summed E-state index contributed by atoms with van der Waals surface area (Å²) >= 11 is 0. The lowest BCUT2D eigenvalue weighted by Gasteiger charge is -2.17. The molecule has 2 nitrogen and oxygen atoms in total. The largest absolute Gasteiger partial charge is 0.370 e. The molecule has 0 aromatic heterocycles. The normalized spacial score (nSPS) is 15.4. The molecule has 0 aliphatic carbocycles. The predicted octanol–water partition coefficient (Wildman–Crippen LogP) is 0.846. The maximum atomic E-state index is 3.98. The van der Waals surface area contributed by atoms with Gasteiger partial charge >= 0.3 is 0 Å². The Morgan fingerprint density at radius 2 is 2.21 bits per heavy atom. The van der Waals surface area contributed by atoms with E-state index in [9.17, 15) is 0 Å². The summed E-state index contributed by atoms with van der Waals surface area (Å²) in [6.45, 7) is 15.0. The molecule has 1 aliphatic rings. The molecule has 76 valence electrons. The van der Waals surface area contributed by atoms with Gasteiger partial charge in [-0.2, -0.15) is 0 Å². The van der Waals surface area contributed by atoms with E-state index in [4.69, 9.17) is 0 Å². The van der Waals surface area contributed by atoms with Crippen molar-refractivity contribution in [2.45, 2.75) is 12.8 Å². The highest BCUT2D eigenvalue weighted by atomic mass is 15.3. The molecule has 0 atom stereocenters. The Labute approximate surface area is 87.8 Å². The molecular formula is C11H19BN2. The highest BCUT2D eigenvalue weighted by Gasteiger charge is 2.12. The molecule has 14 heavy (non-hydrogen) atoms. The van der Waals surface area contributed by atoms with E-state index in [1.807, 2.05) is 7.85 Å². The monoisotopic (exact) mass is 190 g/mol. The second-order valence-corrected chi connectivity index (χ2v) is 3.85. The third-order valence-electron chi connectivity index (χ3n) is 2.60. The van der Waals surface area contributed by atoms with Gasteiger partial charge < -0.3 is 10.2 Å². The van der Waals surface area contributed by atoms with Crippen molar-refractivity contribution in [1.82, 2.24) is 10.2 Å². The molecule has 0 aromatic carbocycles. The number of nitrogens with one attached hydrogen (secondary N) is 1. The van der Waals surface area contributed by atoms with Crippen LogP contribution in [0.15, 0.2) is 36.6 Å². The zero-order valence-corrected chi connectivity index (χ0v) is 9.10. The van der Waals surface area contributed by atoms with Crippen molar-refractivity contribution in [2.24, 2.45) is 0 Å². The predicted molar refractivity (Wildman–Crippen MR) is 64.8 cm³/mol. The summed E-state index contributed by atoms with van der Waals surface area (Å²) in [5.41, 5.74) is 2.27. The lowest BCUT2D eigenvalue weighted by molar-refractivity contribution is 0.389. The molecule has 0 radical (unpaired) electrons. The first-order valence-corrected chi connectivity index (χ1v) is 5.12. The first kappa shape index (κ1) is 11.0. The fourth-order valence-corrected chi connectivity index (χ4v) is 1.53. The van der Waals surface area contributed by atoms with E-state index >= 15 is 0 Å². The Morgan fingerprint density at radius 1 is 1.50 bits per heavy atom. The van der Waals surface area contributed by atoms with Gasteiger partial charge in [-0.3, -0.25) is 0 Å². The average molecular weight is 190 g/mol. The van der Waals surface area contributed by atoms with Crippen LogP contribution in [0.4, 0.5) is 0 Å². The van der Waals surface area contributed by atoms with Crippen molar-refractivity contribution >= 4 is 7.85 Å². The fraction of sp³-hybridized carbons (Fsp3) is 0.455. The van der Waals surface area contributed by atoms with Crippen LogP contribution in [0.2, 0.25) is 0 Å². The van der Waals surface area contributed by atoms with Crippen molar-refractivity contribution in [2.75, 3.05) is 19.6 Å². The summed E-state index contributed by atoms with van der Waals surface area (Å²) in [7, 11) is 2.01. The molecule has 1 N–H and O–H groups in total. The minimum atomic E-state index is 1.03. The van der Waals surface area contributed by atoms with Crippen LogP contribution in [0.5, 0.6) is 0 Å². The van der Waals surface area contributed by atoms with E-state index in [1.54, 1.807) is 0 Å². The molecule has 0 saturated carbocycles. The summed E-state index contributed by atoms with van der Waals surface area (Å²) in [6.07, 6.45) is 2.17. The molecule has 0 spiro atoms. The van der Waals surface area contributed by atoms with Gasteiger partial charge in [-0.25, -0.2) is 0 Å². The van der Waals surface area contributed by atoms with Crippen molar-refractivity contribution < 1.29 is 0 Å². The van der Waals surface area contributed by atoms with Crippen LogP contribution < -0.4 is 5.32 Å². The zero-order chi connectivity index (χ0) is 10.6. The number of hydrogen-bond donors (Lipinski definition) is 1. The smallest absolute Gasteiger partial charge is 0.138 e. The molecule has 3 heteroatoms. The molecule has 1 fully saturated rings. The third kappa shape index (κ3) is 2.98. The second kappa shape index (κ2) is 4.94. The molecule has 0 aromatic rings. The van der Waals surface area contributed by atoms with Gasteiger partial charge in [0.1, 0.15) is 7.85 Å². The van der Waals surface area contributed by atoms with E-state index in [0.29, 0.717) is 0 Å². The lowest BCUT2D eigenvalue weighted by Crippen LogP contribution is -2.20. The molecule has 0 amide bonds. The topological polar surface area (TPSA) is 15.3 Å². The Kier molecular flexibility index (Phi) is 3.87. The van der Waals surface area contributed by atoms with E-state index in [-0.39, 0.29) is 0 Å². The highest BCUT2D eigenvalue weighted by molar-refractivity contribution is 6.23. The molecule has 1 saturated heterocycles. The van der Waals surface area contributed by atoms with Crippen LogP contribution in [0, 0.1) is 0 Å². The standard InChI is InChI=1S/C11H19BN2/c1-9(10(2)12)5-4-7-14-8-6-13-11(14)3/h13H,1-8,12H2. The first-order chi connectivity index (χ1) is 6.61. The Balaban J connectivity index is 2.18. The van der Waals surface area contributed by atoms with Gasteiger partial charge in [0, 0.05) is 19.6 Å². The van der Waals surface area contributed by atoms with Crippen LogP contribution in [-0.2, 0) is 0 Å². The second-order valence-electron chi connectivity index (χ2n) is 3.85. The summed E-state index contributed by atoms with van der Waals surface area (Å²) < 4.78 is 0. The molecule has 0 unspecified atom stereocenters. The van der Waals surface area contributed by atoms with Crippen molar-refractivity contribution in [3.8, 4) is 0 Å². The summed E-state index contributed by atoms with van der Waals surface area (Å²) in [4.78, 5) is 2.28. The molecule has 0 bridgehead atoms. The van der Waals surface area contributed by atoms with Gasteiger partial charge in [0.2, 0.25) is 0 Å². The lowest BCUT2D eigenvalue weighted by atomic mass is 9.88. The zero-order valence-electron chi connectivity index (χ0n) is 9.10. The van der Waals surface area contributed by atoms with E-state index in [1.165, 1.54) is 5.57 Å². The Hall–Kier alpha value is -1.12. The van der Waals surface area contributed by atoms with Gasteiger partial charge in [0.25, 0.3) is 0 Å². The first-order valence-electron chi connectivity index (χ1n) is 5.12. The SMILES string of the molecule is BC(=C)C(=C)CCCN1CCNC1=C. The molecule has 1 heterocycles. The van der Waals surface area contributed by atoms with E-state index < -0.39 is 0 Å². The summed E-state index contributed by atoms with van der Waals surface area (Å²) in [5.74, 6) is 1.06. The van der Waals surface area contributed by atoms with Crippen molar-refractivity contribution in [1.29, 1.82) is 0 Å². The molecule has 1 aliphatic heterocycles. The molecular weight excluding hydrogens is 171 g/mol. The van der Waals surface area contributed by atoms with Crippen molar-refractivity contribution in [3.63, 3.8) is 0 Å². The highest BCUT2D eigenvalue weighted by Crippen LogP contribution is 2.12. The maximum absolute atomic E-state index is 3.98. The fourth-order valence-electron chi connectivity index (χ4n) is 1.53. The number of hydrogen-bond acceptors (Lipinski definition) is 2. The maximum Gasteiger partial charge on any atom is 0.138 e.